The average molecular weight is 450 g/mol. The third-order valence-electron chi connectivity index (χ3n) is 3.95. The number of nitrogens with one attached hydrogen (secondary N) is 2. The van der Waals surface area contributed by atoms with Gasteiger partial charge in [0.05, 0.1) is 0 Å². The predicted octanol–water partition coefficient (Wildman–Crippen LogP) is 4.11. The number of aromatic amines is 1. The van der Waals surface area contributed by atoms with Crippen LogP contribution >= 0.6 is 22.9 Å². The molecule has 0 aliphatic rings. The van der Waals surface area contributed by atoms with E-state index in [1.807, 2.05) is 12.1 Å². The minimum Gasteiger partial charge on any atom is -0.262 e. The van der Waals surface area contributed by atoms with Crippen LogP contribution in [-0.4, -0.2) is 28.6 Å². The molecule has 4 aromatic rings. The minimum atomic E-state index is -4.09. The number of hydrogen-bond donors (Lipinski definition) is 2. The maximum atomic E-state index is 14.5. The van der Waals surface area contributed by atoms with Crippen LogP contribution < -0.4 is 4.72 Å². The van der Waals surface area contributed by atoms with Crippen molar-refractivity contribution in [2.45, 2.75) is 11.3 Å². The number of hydrogen-bond acceptors (Lipinski definition) is 6. The number of H-pyrrole nitrogens is 1. The first-order chi connectivity index (χ1) is 13.9. The van der Waals surface area contributed by atoms with E-state index >= 15 is 0 Å². The van der Waals surface area contributed by atoms with Gasteiger partial charge in [0, 0.05) is 28.6 Å². The van der Waals surface area contributed by atoms with Crippen molar-refractivity contribution >= 4 is 38.1 Å². The standard InChI is InChI=1S/C18H13ClFN5O2S2/c19-13-4-1-11(2-5-13)9-16-22-17(24-23-16)12-3-6-15(14(20)10-12)29(26,27)25-18-21-7-8-28-18/h1-8,10H,9H2,(H,21,25)(H,22,23,24). The van der Waals surface area contributed by atoms with Gasteiger partial charge >= 0.3 is 0 Å². The summed E-state index contributed by atoms with van der Waals surface area (Å²) in [5.74, 6) is -0.0508. The van der Waals surface area contributed by atoms with Crippen LogP contribution in [0, 0.1) is 5.82 Å². The van der Waals surface area contributed by atoms with Crippen LogP contribution in [0.25, 0.3) is 11.4 Å². The second-order valence-corrected chi connectivity index (χ2v) is 8.98. The zero-order valence-corrected chi connectivity index (χ0v) is 17.0. The molecule has 0 fully saturated rings. The quantitative estimate of drug-likeness (QED) is 0.461. The molecule has 2 N–H and O–H groups in total. The fraction of sp³-hybridized carbons (Fsp3) is 0.0556. The van der Waals surface area contributed by atoms with Crippen LogP contribution in [0.2, 0.25) is 5.02 Å². The second-order valence-electron chi connectivity index (χ2n) is 6.00. The third kappa shape index (κ3) is 4.44. The lowest BCUT2D eigenvalue weighted by molar-refractivity contribution is 0.570. The molecular formula is C18H13ClFN5O2S2. The molecule has 0 unspecified atom stereocenters. The topological polar surface area (TPSA) is 101 Å². The van der Waals surface area contributed by atoms with Crippen molar-refractivity contribution in [2.24, 2.45) is 0 Å². The predicted molar refractivity (Wildman–Crippen MR) is 109 cm³/mol. The van der Waals surface area contributed by atoms with E-state index in [1.165, 1.54) is 18.3 Å². The summed E-state index contributed by atoms with van der Waals surface area (Å²) in [6.07, 6.45) is 1.95. The van der Waals surface area contributed by atoms with E-state index in [0.29, 0.717) is 22.8 Å². The zero-order valence-electron chi connectivity index (χ0n) is 14.6. The van der Waals surface area contributed by atoms with Crippen molar-refractivity contribution in [1.82, 2.24) is 20.2 Å². The molecule has 0 aliphatic carbocycles. The molecule has 148 valence electrons. The molecule has 2 heterocycles. The lowest BCUT2D eigenvalue weighted by atomic mass is 10.1. The summed E-state index contributed by atoms with van der Waals surface area (Å²) in [4.78, 5) is 7.71. The van der Waals surface area contributed by atoms with E-state index in [9.17, 15) is 12.8 Å². The molecule has 0 saturated heterocycles. The van der Waals surface area contributed by atoms with Crippen LogP contribution in [0.15, 0.2) is 58.9 Å². The Labute approximate surface area is 174 Å². The van der Waals surface area contributed by atoms with Crippen LogP contribution in [0.5, 0.6) is 0 Å². The number of anilines is 1. The first kappa shape index (κ1) is 19.5. The first-order valence-corrected chi connectivity index (χ1v) is 11.0. The molecule has 0 radical (unpaired) electrons. The number of rotatable bonds is 6. The van der Waals surface area contributed by atoms with Gasteiger partial charge in [-0.1, -0.05) is 23.7 Å². The van der Waals surface area contributed by atoms with Crippen LogP contribution in [-0.2, 0) is 16.4 Å². The normalized spacial score (nSPS) is 11.5. The SMILES string of the molecule is O=S(=O)(Nc1nccs1)c1ccc(-c2n[nH]c(Cc3ccc(Cl)cc3)n2)cc1F. The van der Waals surface area contributed by atoms with E-state index in [0.717, 1.165) is 23.0 Å². The highest BCUT2D eigenvalue weighted by atomic mass is 35.5. The number of sulfonamides is 1. The van der Waals surface area contributed by atoms with Crippen molar-refractivity contribution in [3.63, 3.8) is 0 Å². The molecule has 0 spiro atoms. The van der Waals surface area contributed by atoms with E-state index in [2.05, 4.69) is 24.9 Å². The zero-order chi connectivity index (χ0) is 20.4. The van der Waals surface area contributed by atoms with E-state index in [1.54, 1.807) is 17.5 Å². The number of aromatic nitrogens is 4. The Balaban J connectivity index is 1.55. The molecule has 0 aliphatic heterocycles. The van der Waals surface area contributed by atoms with Crippen LogP contribution in [0.1, 0.15) is 11.4 Å². The molecule has 2 aromatic carbocycles. The number of nitrogens with zero attached hydrogens (tertiary/aromatic N) is 3. The molecule has 11 heteroatoms. The number of thiazole rings is 1. The summed E-state index contributed by atoms with van der Waals surface area (Å²) in [6.45, 7) is 0. The lowest BCUT2D eigenvalue weighted by Crippen LogP contribution is -2.14. The maximum Gasteiger partial charge on any atom is 0.266 e. The summed E-state index contributed by atoms with van der Waals surface area (Å²) in [5.41, 5.74) is 1.34. The van der Waals surface area contributed by atoms with Gasteiger partial charge in [0.1, 0.15) is 16.5 Å². The number of halogens is 2. The largest absolute Gasteiger partial charge is 0.266 e. The van der Waals surface area contributed by atoms with Gasteiger partial charge in [0.25, 0.3) is 10.0 Å². The molecule has 2 aromatic heterocycles. The van der Waals surface area contributed by atoms with E-state index < -0.39 is 20.7 Å². The van der Waals surface area contributed by atoms with Crippen molar-refractivity contribution in [3.8, 4) is 11.4 Å². The van der Waals surface area contributed by atoms with Gasteiger partial charge in [0.2, 0.25) is 0 Å². The van der Waals surface area contributed by atoms with Gasteiger partial charge in [-0.3, -0.25) is 9.82 Å². The van der Waals surface area contributed by atoms with E-state index in [-0.39, 0.29) is 11.0 Å². The maximum absolute atomic E-state index is 14.5. The Morgan fingerprint density at radius 2 is 1.97 bits per heavy atom. The van der Waals surface area contributed by atoms with Crippen LogP contribution in [0.4, 0.5) is 9.52 Å². The molecule has 7 nitrogen and oxygen atoms in total. The summed E-state index contributed by atoms with van der Waals surface area (Å²) >= 11 is 6.98. The Hall–Kier alpha value is -2.82. The molecular weight excluding hydrogens is 437 g/mol. The van der Waals surface area contributed by atoms with Gasteiger partial charge in [-0.2, -0.15) is 5.10 Å². The lowest BCUT2D eigenvalue weighted by Gasteiger charge is -2.07. The number of benzene rings is 2. The smallest absolute Gasteiger partial charge is 0.262 e. The molecule has 0 atom stereocenters. The first-order valence-electron chi connectivity index (χ1n) is 8.29. The summed E-state index contributed by atoms with van der Waals surface area (Å²) in [6, 6.07) is 11.0. The van der Waals surface area contributed by atoms with Crippen molar-refractivity contribution in [1.29, 1.82) is 0 Å². The Morgan fingerprint density at radius 3 is 2.66 bits per heavy atom. The Kier molecular flexibility index (Phi) is 5.31. The van der Waals surface area contributed by atoms with Crippen molar-refractivity contribution in [3.05, 3.63) is 76.3 Å². The van der Waals surface area contributed by atoms with Crippen molar-refractivity contribution < 1.29 is 12.8 Å². The minimum absolute atomic E-state index is 0.161. The van der Waals surface area contributed by atoms with Crippen LogP contribution in [0.3, 0.4) is 0 Å². The highest BCUT2D eigenvalue weighted by Crippen LogP contribution is 2.24. The van der Waals surface area contributed by atoms with Gasteiger partial charge in [0.15, 0.2) is 11.0 Å². The molecule has 29 heavy (non-hydrogen) atoms. The Bertz CT molecular complexity index is 1240. The Morgan fingerprint density at radius 1 is 1.17 bits per heavy atom. The molecule has 0 saturated carbocycles. The monoisotopic (exact) mass is 449 g/mol. The fourth-order valence-electron chi connectivity index (χ4n) is 2.60. The summed E-state index contributed by atoms with van der Waals surface area (Å²) in [5, 5.41) is 9.31. The summed E-state index contributed by atoms with van der Waals surface area (Å²) < 4.78 is 41.5. The van der Waals surface area contributed by atoms with Gasteiger partial charge < -0.3 is 0 Å². The summed E-state index contributed by atoms with van der Waals surface area (Å²) in [7, 11) is -4.09. The van der Waals surface area contributed by atoms with Gasteiger partial charge in [-0.15, -0.1) is 11.3 Å². The van der Waals surface area contributed by atoms with E-state index in [4.69, 9.17) is 11.6 Å². The molecule has 0 amide bonds. The fourth-order valence-corrected chi connectivity index (χ4v) is 4.58. The van der Waals surface area contributed by atoms with Crippen molar-refractivity contribution in [2.75, 3.05) is 4.72 Å². The second kappa shape index (κ2) is 7.90. The average Bonchev–Trinajstić information content (AvgIpc) is 3.35. The molecule has 0 bridgehead atoms. The van der Waals surface area contributed by atoms with Gasteiger partial charge in [-0.25, -0.2) is 22.8 Å². The highest BCUT2D eigenvalue weighted by Gasteiger charge is 2.21. The highest BCUT2D eigenvalue weighted by molar-refractivity contribution is 7.93. The molecule has 4 rings (SSSR count). The third-order valence-corrected chi connectivity index (χ3v) is 6.39. The van der Waals surface area contributed by atoms with Gasteiger partial charge in [-0.05, 0) is 35.9 Å².